The second kappa shape index (κ2) is 7.79. The number of hydrogen-bond donors (Lipinski definition) is 2. The van der Waals surface area contributed by atoms with Gasteiger partial charge in [-0.25, -0.2) is 4.39 Å². The first-order valence-electron chi connectivity index (χ1n) is 8.58. The molecule has 2 aromatic carbocycles. The summed E-state index contributed by atoms with van der Waals surface area (Å²) in [4.78, 5) is 11.2. The molecule has 2 aromatic rings. The molecule has 0 saturated heterocycles. The van der Waals surface area contributed by atoms with Crippen LogP contribution in [-0.2, 0) is 4.79 Å². The summed E-state index contributed by atoms with van der Waals surface area (Å²) in [5, 5.41) is 12.3. The molecular formula is C21H26FNO2. The van der Waals surface area contributed by atoms with E-state index in [0.717, 1.165) is 22.3 Å². The van der Waals surface area contributed by atoms with E-state index in [4.69, 9.17) is 0 Å². The van der Waals surface area contributed by atoms with Gasteiger partial charge in [0, 0.05) is 11.6 Å². The molecule has 0 saturated carbocycles. The van der Waals surface area contributed by atoms with Crippen molar-refractivity contribution in [3.63, 3.8) is 0 Å². The number of hydrogen-bond acceptors (Lipinski definition) is 2. The lowest BCUT2D eigenvalue weighted by molar-refractivity contribution is -0.137. The van der Waals surface area contributed by atoms with Crippen LogP contribution in [0.1, 0.15) is 47.2 Å². The Bertz CT molecular complexity index is 776. The fraction of sp³-hybridized carbons (Fsp3) is 0.381. The molecule has 1 atom stereocenters. The minimum atomic E-state index is -0.948. The van der Waals surface area contributed by atoms with Crippen LogP contribution in [0, 0.1) is 33.5 Å². The first-order chi connectivity index (χ1) is 11.7. The SMILES string of the molecule is CCNC(CC(=O)O)c1cc(-c2c(C)cc(C)cc2C)cc(C)c1F. The molecule has 25 heavy (non-hydrogen) atoms. The standard InChI is InChI=1S/C21H26FNO2/c1-6-23-18(11-19(24)25)17-10-16(9-15(5)21(17)22)20-13(3)7-12(2)8-14(20)4/h7-10,18,23H,6,11H2,1-5H3,(H,24,25). The van der Waals surface area contributed by atoms with Gasteiger partial charge in [-0.1, -0.05) is 24.6 Å². The van der Waals surface area contributed by atoms with Crippen molar-refractivity contribution in [3.05, 3.63) is 57.9 Å². The minimum absolute atomic E-state index is 0.153. The maximum Gasteiger partial charge on any atom is 0.305 e. The van der Waals surface area contributed by atoms with Crippen LogP contribution in [0.5, 0.6) is 0 Å². The van der Waals surface area contributed by atoms with Gasteiger partial charge in [-0.2, -0.15) is 0 Å². The van der Waals surface area contributed by atoms with Crippen molar-refractivity contribution >= 4 is 5.97 Å². The first kappa shape index (κ1) is 19.1. The maximum atomic E-state index is 14.8. The van der Waals surface area contributed by atoms with Crippen LogP contribution in [0.3, 0.4) is 0 Å². The Kier molecular flexibility index (Phi) is 5.96. The van der Waals surface area contributed by atoms with Gasteiger partial charge in [0.25, 0.3) is 0 Å². The van der Waals surface area contributed by atoms with E-state index < -0.39 is 12.0 Å². The Labute approximate surface area is 148 Å². The van der Waals surface area contributed by atoms with Gasteiger partial charge in [0.1, 0.15) is 5.82 Å². The molecule has 0 heterocycles. The van der Waals surface area contributed by atoms with Crippen molar-refractivity contribution in [3.8, 4) is 11.1 Å². The van der Waals surface area contributed by atoms with Crippen molar-refractivity contribution in [2.45, 2.75) is 47.1 Å². The lowest BCUT2D eigenvalue weighted by Gasteiger charge is -2.21. The number of carbonyl (C=O) groups is 1. The molecule has 0 aliphatic rings. The van der Waals surface area contributed by atoms with Crippen LogP contribution in [0.15, 0.2) is 24.3 Å². The van der Waals surface area contributed by atoms with Gasteiger partial charge in [-0.05, 0) is 74.2 Å². The molecule has 3 nitrogen and oxygen atoms in total. The van der Waals surface area contributed by atoms with E-state index in [2.05, 4.69) is 24.4 Å². The van der Waals surface area contributed by atoms with E-state index >= 15 is 0 Å². The van der Waals surface area contributed by atoms with Crippen LogP contribution < -0.4 is 5.32 Å². The molecule has 0 aliphatic carbocycles. The van der Waals surface area contributed by atoms with Gasteiger partial charge in [-0.3, -0.25) is 4.79 Å². The molecule has 2 rings (SSSR count). The summed E-state index contributed by atoms with van der Waals surface area (Å²) in [6, 6.07) is 7.31. The second-order valence-corrected chi connectivity index (χ2v) is 6.68. The van der Waals surface area contributed by atoms with Crippen LogP contribution in [0.4, 0.5) is 4.39 Å². The summed E-state index contributed by atoms with van der Waals surface area (Å²) in [5.41, 5.74) is 6.41. The summed E-state index contributed by atoms with van der Waals surface area (Å²) in [6.45, 7) is 10.3. The topological polar surface area (TPSA) is 49.3 Å². The number of aryl methyl sites for hydroxylation is 4. The van der Waals surface area contributed by atoms with Crippen molar-refractivity contribution in [2.75, 3.05) is 6.54 Å². The second-order valence-electron chi connectivity index (χ2n) is 6.68. The van der Waals surface area contributed by atoms with Crippen molar-refractivity contribution in [2.24, 2.45) is 0 Å². The van der Waals surface area contributed by atoms with Crippen molar-refractivity contribution in [1.82, 2.24) is 5.32 Å². The average Bonchev–Trinajstić information content (AvgIpc) is 2.48. The summed E-state index contributed by atoms with van der Waals surface area (Å²) < 4.78 is 14.8. The van der Waals surface area contributed by atoms with Gasteiger partial charge < -0.3 is 10.4 Å². The molecule has 1 unspecified atom stereocenters. The molecule has 0 spiro atoms. The smallest absolute Gasteiger partial charge is 0.305 e. The summed E-state index contributed by atoms with van der Waals surface area (Å²) >= 11 is 0. The lowest BCUT2D eigenvalue weighted by atomic mass is 9.89. The fourth-order valence-corrected chi connectivity index (χ4v) is 3.54. The van der Waals surface area contributed by atoms with Gasteiger partial charge in [-0.15, -0.1) is 0 Å². The highest BCUT2D eigenvalue weighted by atomic mass is 19.1. The lowest BCUT2D eigenvalue weighted by Crippen LogP contribution is -2.24. The summed E-state index contributed by atoms with van der Waals surface area (Å²) in [5.74, 6) is -1.28. The van der Waals surface area contributed by atoms with E-state index in [9.17, 15) is 14.3 Å². The van der Waals surface area contributed by atoms with Crippen LogP contribution >= 0.6 is 0 Å². The highest BCUT2D eigenvalue weighted by Crippen LogP contribution is 2.33. The van der Waals surface area contributed by atoms with E-state index in [1.54, 1.807) is 13.0 Å². The Hall–Kier alpha value is -2.20. The molecule has 0 aromatic heterocycles. The molecule has 0 fully saturated rings. The van der Waals surface area contributed by atoms with Crippen LogP contribution in [0.2, 0.25) is 0 Å². The largest absolute Gasteiger partial charge is 0.481 e. The Morgan fingerprint density at radius 2 is 1.68 bits per heavy atom. The van der Waals surface area contributed by atoms with E-state index in [1.807, 2.05) is 26.8 Å². The third-order valence-electron chi connectivity index (χ3n) is 4.45. The number of carboxylic acid groups (broad SMARTS) is 1. The minimum Gasteiger partial charge on any atom is -0.481 e. The Morgan fingerprint density at radius 1 is 1.08 bits per heavy atom. The number of halogens is 1. The average molecular weight is 343 g/mol. The van der Waals surface area contributed by atoms with Crippen LogP contribution in [-0.4, -0.2) is 17.6 Å². The molecular weight excluding hydrogens is 317 g/mol. The Morgan fingerprint density at radius 3 is 2.20 bits per heavy atom. The number of aliphatic carboxylic acids is 1. The number of nitrogens with one attached hydrogen (secondary N) is 1. The van der Waals surface area contributed by atoms with Gasteiger partial charge >= 0.3 is 5.97 Å². The van der Waals surface area contributed by atoms with Gasteiger partial charge in [0.05, 0.1) is 6.42 Å². The predicted molar refractivity (Wildman–Crippen MR) is 99.5 cm³/mol. The maximum absolute atomic E-state index is 14.8. The zero-order valence-electron chi connectivity index (χ0n) is 15.5. The zero-order valence-corrected chi connectivity index (χ0v) is 15.5. The van der Waals surface area contributed by atoms with E-state index in [1.165, 1.54) is 5.56 Å². The highest BCUT2D eigenvalue weighted by Gasteiger charge is 2.21. The third-order valence-corrected chi connectivity index (χ3v) is 4.45. The molecule has 0 bridgehead atoms. The summed E-state index contributed by atoms with van der Waals surface area (Å²) in [7, 11) is 0. The van der Waals surface area contributed by atoms with Gasteiger partial charge in [0.15, 0.2) is 0 Å². The fourth-order valence-electron chi connectivity index (χ4n) is 3.54. The predicted octanol–water partition coefficient (Wildman–Crippen LogP) is 4.85. The molecule has 2 N–H and O–H groups in total. The molecule has 0 amide bonds. The number of benzene rings is 2. The molecule has 134 valence electrons. The highest BCUT2D eigenvalue weighted by molar-refractivity contribution is 5.73. The first-order valence-corrected chi connectivity index (χ1v) is 8.58. The Balaban J connectivity index is 2.63. The third kappa shape index (κ3) is 4.26. The van der Waals surface area contributed by atoms with E-state index in [-0.39, 0.29) is 12.2 Å². The number of carboxylic acids is 1. The van der Waals surface area contributed by atoms with Crippen molar-refractivity contribution < 1.29 is 14.3 Å². The molecule has 0 radical (unpaired) electrons. The van der Waals surface area contributed by atoms with Crippen LogP contribution in [0.25, 0.3) is 11.1 Å². The summed E-state index contributed by atoms with van der Waals surface area (Å²) in [6.07, 6.45) is -0.153. The molecule has 4 heteroatoms. The molecule has 0 aliphatic heterocycles. The van der Waals surface area contributed by atoms with E-state index in [0.29, 0.717) is 17.7 Å². The quantitative estimate of drug-likeness (QED) is 0.788. The monoisotopic (exact) mass is 343 g/mol. The normalized spacial score (nSPS) is 12.2. The van der Waals surface area contributed by atoms with Crippen molar-refractivity contribution in [1.29, 1.82) is 0 Å². The number of rotatable bonds is 6. The zero-order chi connectivity index (χ0) is 18.7. The van der Waals surface area contributed by atoms with Gasteiger partial charge in [0.2, 0.25) is 0 Å².